The molecule has 1 aliphatic rings. The monoisotopic (exact) mass is 300 g/mol. The van der Waals surface area contributed by atoms with Gasteiger partial charge in [0.2, 0.25) is 0 Å². The van der Waals surface area contributed by atoms with Gasteiger partial charge >= 0.3 is 0 Å². The molecule has 1 unspecified atom stereocenters. The van der Waals surface area contributed by atoms with Crippen molar-refractivity contribution in [1.29, 1.82) is 0 Å². The van der Waals surface area contributed by atoms with E-state index in [-0.39, 0.29) is 0 Å². The molecule has 1 heteroatoms. The van der Waals surface area contributed by atoms with Crippen molar-refractivity contribution in [2.24, 2.45) is 0 Å². The Kier molecular flexibility index (Phi) is 5.92. The zero-order valence-electron chi connectivity index (χ0n) is 8.45. The smallest absolute Gasteiger partial charge is 0.0359 e. The molecule has 0 fully saturated rings. The molecule has 0 amide bonds. The van der Waals surface area contributed by atoms with Gasteiger partial charge in [-0.25, -0.2) is 0 Å². The maximum atomic E-state index is 3.70. The van der Waals surface area contributed by atoms with E-state index in [0.29, 0.717) is 3.92 Å². The quantitative estimate of drug-likeness (QED) is 0.301. The first-order chi connectivity index (χ1) is 6.84. The molecule has 0 heterocycles. The molecule has 0 spiro atoms. The van der Waals surface area contributed by atoms with E-state index in [1.54, 1.807) is 5.57 Å². The largest absolute Gasteiger partial charge is 0.103 e. The van der Waals surface area contributed by atoms with Crippen molar-refractivity contribution >= 4 is 22.6 Å². The molecule has 0 aliphatic heterocycles. The molecular weight excluding hydrogens is 283 g/mol. The van der Waals surface area contributed by atoms with Crippen molar-refractivity contribution in [2.45, 2.75) is 29.6 Å². The number of halogens is 1. The van der Waals surface area contributed by atoms with Gasteiger partial charge in [-0.3, -0.25) is 0 Å². The lowest BCUT2D eigenvalue weighted by Crippen LogP contribution is -2.02. The second-order valence-electron chi connectivity index (χ2n) is 3.41. The van der Waals surface area contributed by atoms with Crippen LogP contribution in [0.3, 0.4) is 0 Å². The van der Waals surface area contributed by atoms with Crippen LogP contribution in [-0.4, -0.2) is 3.92 Å². The third-order valence-corrected chi connectivity index (χ3v) is 3.56. The van der Waals surface area contributed by atoms with Gasteiger partial charge in [0, 0.05) is 3.92 Å². The SMILES string of the molecule is C=CCC/C=C\CC1=CC=CCC1I. The molecule has 1 rings (SSSR count). The standard InChI is InChI=1S/C13H17I/c1-2-3-4-5-6-9-12-10-7-8-11-13(12)14/h2,5-8,10,13H,1,3-4,9,11H2/b6-5-. The van der Waals surface area contributed by atoms with E-state index in [2.05, 4.69) is 59.5 Å². The van der Waals surface area contributed by atoms with Crippen LogP contribution in [0.15, 0.2) is 48.6 Å². The van der Waals surface area contributed by atoms with Gasteiger partial charge in [0.25, 0.3) is 0 Å². The van der Waals surface area contributed by atoms with E-state index in [0.717, 1.165) is 19.3 Å². The predicted octanol–water partition coefficient (Wildman–Crippen LogP) is 4.59. The van der Waals surface area contributed by atoms with Crippen LogP contribution in [0.1, 0.15) is 25.7 Å². The van der Waals surface area contributed by atoms with Crippen LogP contribution in [0.2, 0.25) is 0 Å². The molecule has 0 aromatic rings. The second-order valence-corrected chi connectivity index (χ2v) is 4.92. The minimum absolute atomic E-state index is 0.696. The maximum Gasteiger partial charge on any atom is 0.0359 e. The van der Waals surface area contributed by atoms with Gasteiger partial charge in [-0.1, -0.05) is 64.6 Å². The molecule has 0 saturated carbocycles. The van der Waals surface area contributed by atoms with Crippen molar-refractivity contribution in [3.8, 4) is 0 Å². The number of allylic oxidation sites excluding steroid dienone is 7. The highest BCUT2D eigenvalue weighted by Gasteiger charge is 2.08. The summed E-state index contributed by atoms with van der Waals surface area (Å²) in [5, 5.41) is 0. The zero-order chi connectivity index (χ0) is 10.2. The van der Waals surface area contributed by atoms with E-state index in [9.17, 15) is 0 Å². The minimum atomic E-state index is 0.696. The van der Waals surface area contributed by atoms with E-state index in [1.807, 2.05) is 6.08 Å². The molecule has 0 bridgehead atoms. The summed E-state index contributed by atoms with van der Waals surface area (Å²) in [6, 6.07) is 0. The van der Waals surface area contributed by atoms with Gasteiger partial charge in [-0.2, -0.15) is 0 Å². The summed E-state index contributed by atoms with van der Waals surface area (Å²) in [5.41, 5.74) is 1.54. The van der Waals surface area contributed by atoms with E-state index in [4.69, 9.17) is 0 Å². The van der Waals surface area contributed by atoms with Gasteiger partial charge in [0.1, 0.15) is 0 Å². The van der Waals surface area contributed by atoms with Crippen molar-refractivity contribution in [3.63, 3.8) is 0 Å². The lowest BCUT2D eigenvalue weighted by Gasteiger charge is -2.13. The summed E-state index contributed by atoms with van der Waals surface area (Å²) in [7, 11) is 0. The maximum absolute atomic E-state index is 3.70. The number of hydrogen-bond donors (Lipinski definition) is 0. The fraction of sp³-hybridized carbons (Fsp3) is 0.385. The molecule has 0 saturated heterocycles. The molecule has 76 valence electrons. The van der Waals surface area contributed by atoms with Crippen molar-refractivity contribution < 1.29 is 0 Å². The van der Waals surface area contributed by atoms with Crippen LogP contribution < -0.4 is 0 Å². The summed E-state index contributed by atoms with van der Waals surface area (Å²) in [6.07, 6.45) is 17.7. The fourth-order valence-electron chi connectivity index (χ4n) is 1.39. The first-order valence-electron chi connectivity index (χ1n) is 5.10. The van der Waals surface area contributed by atoms with Crippen LogP contribution in [0.5, 0.6) is 0 Å². The van der Waals surface area contributed by atoms with Crippen molar-refractivity contribution in [1.82, 2.24) is 0 Å². The van der Waals surface area contributed by atoms with E-state index >= 15 is 0 Å². The molecule has 0 N–H and O–H groups in total. The summed E-state index contributed by atoms with van der Waals surface area (Å²) in [5.74, 6) is 0. The van der Waals surface area contributed by atoms with Gasteiger partial charge in [0.05, 0.1) is 0 Å². The Balaban J connectivity index is 2.29. The third kappa shape index (κ3) is 4.27. The molecule has 0 radical (unpaired) electrons. The highest BCUT2D eigenvalue weighted by Crippen LogP contribution is 2.24. The Morgan fingerprint density at radius 3 is 3.00 bits per heavy atom. The topological polar surface area (TPSA) is 0 Å². The molecule has 0 aromatic heterocycles. The van der Waals surface area contributed by atoms with E-state index in [1.165, 1.54) is 6.42 Å². The first kappa shape index (κ1) is 11.8. The summed E-state index contributed by atoms with van der Waals surface area (Å²) < 4.78 is 0.696. The lowest BCUT2D eigenvalue weighted by molar-refractivity contribution is 0.965. The number of hydrogen-bond acceptors (Lipinski definition) is 0. The average molecular weight is 300 g/mol. The average Bonchev–Trinajstić information content (AvgIpc) is 2.20. The highest BCUT2D eigenvalue weighted by molar-refractivity contribution is 14.1. The predicted molar refractivity (Wildman–Crippen MR) is 72.8 cm³/mol. The van der Waals surface area contributed by atoms with Gasteiger partial charge in [-0.15, -0.1) is 6.58 Å². The van der Waals surface area contributed by atoms with Gasteiger partial charge in [-0.05, 0) is 25.7 Å². The molecule has 14 heavy (non-hydrogen) atoms. The fourth-order valence-corrected chi connectivity index (χ4v) is 2.15. The zero-order valence-corrected chi connectivity index (χ0v) is 10.6. The molecule has 1 atom stereocenters. The summed E-state index contributed by atoms with van der Waals surface area (Å²) in [6.45, 7) is 3.70. The summed E-state index contributed by atoms with van der Waals surface area (Å²) in [4.78, 5) is 0. The first-order valence-corrected chi connectivity index (χ1v) is 6.34. The minimum Gasteiger partial charge on any atom is -0.103 e. The number of rotatable bonds is 5. The Morgan fingerprint density at radius 1 is 1.43 bits per heavy atom. The van der Waals surface area contributed by atoms with Crippen molar-refractivity contribution in [2.75, 3.05) is 0 Å². The van der Waals surface area contributed by atoms with Crippen LogP contribution in [0, 0.1) is 0 Å². The van der Waals surface area contributed by atoms with Gasteiger partial charge < -0.3 is 0 Å². The van der Waals surface area contributed by atoms with Crippen LogP contribution in [0.4, 0.5) is 0 Å². The summed E-state index contributed by atoms with van der Waals surface area (Å²) >= 11 is 2.52. The molecule has 0 nitrogen and oxygen atoms in total. The second kappa shape index (κ2) is 7.04. The Labute approximate surface area is 101 Å². The molecule has 0 aromatic carbocycles. The number of unbranched alkanes of at least 4 members (excludes halogenated alkanes) is 1. The van der Waals surface area contributed by atoms with Crippen molar-refractivity contribution in [3.05, 3.63) is 48.6 Å². The molecular formula is C13H17I. The van der Waals surface area contributed by atoms with E-state index < -0.39 is 0 Å². The van der Waals surface area contributed by atoms with Crippen LogP contribution >= 0.6 is 22.6 Å². The Bertz CT molecular complexity index is 258. The normalized spacial score (nSPS) is 21.2. The number of alkyl halides is 1. The third-order valence-electron chi connectivity index (χ3n) is 2.25. The van der Waals surface area contributed by atoms with Crippen LogP contribution in [-0.2, 0) is 0 Å². The Morgan fingerprint density at radius 2 is 2.29 bits per heavy atom. The van der Waals surface area contributed by atoms with Gasteiger partial charge in [0.15, 0.2) is 0 Å². The van der Waals surface area contributed by atoms with Crippen LogP contribution in [0.25, 0.3) is 0 Å². The lowest BCUT2D eigenvalue weighted by atomic mass is 10.0. The molecule has 1 aliphatic carbocycles. The Hall–Kier alpha value is -0.310. The highest BCUT2D eigenvalue weighted by atomic mass is 127.